The Kier molecular flexibility index (Phi) is 2.65. The third-order valence-electron chi connectivity index (χ3n) is 1.96. The average Bonchev–Trinajstić information content (AvgIpc) is 1.95. The molecule has 0 aromatic carbocycles. The Hall–Kier alpha value is -0.120. The minimum atomic E-state index is -0.300. The number of rotatable bonds is 1. The maximum absolute atomic E-state index is 9.29. The van der Waals surface area contributed by atoms with Crippen LogP contribution < -0.4 is 0 Å². The van der Waals surface area contributed by atoms with E-state index < -0.39 is 0 Å². The summed E-state index contributed by atoms with van der Waals surface area (Å²) in [5.74, 6) is 0.211. The molecule has 0 bridgehead atoms. The van der Waals surface area contributed by atoms with Gasteiger partial charge in [0.15, 0.2) is 0 Å². The number of aliphatic hydroxyl groups excluding tert-OH is 2. The molecule has 0 aromatic rings. The van der Waals surface area contributed by atoms with Crippen LogP contribution >= 0.6 is 0 Å². The molecule has 0 spiro atoms. The quantitative estimate of drug-likeness (QED) is 0.537. The number of hydrogen-bond donors (Lipinski definition) is 2. The fourth-order valence-electron chi connectivity index (χ4n) is 1.10. The van der Waals surface area contributed by atoms with Crippen LogP contribution in [0.3, 0.4) is 0 Å². The van der Waals surface area contributed by atoms with Crippen LogP contribution in [0.5, 0.6) is 0 Å². The van der Waals surface area contributed by atoms with E-state index in [0.717, 1.165) is 0 Å². The molecule has 3 heteroatoms. The van der Waals surface area contributed by atoms with Crippen molar-refractivity contribution in [2.45, 2.75) is 25.6 Å². The molecule has 0 saturated carbocycles. The van der Waals surface area contributed by atoms with Gasteiger partial charge in [0, 0.05) is 12.3 Å². The van der Waals surface area contributed by atoms with E-state index in [9.17, 15) is 5.11 Å². The van der Waals surface area contributed by atoms with Crippen molar-refractivity contribution in [3.8, 4) is 0 Å². The molecular weight excluding hydrogens is 132 g/mol. The number of aliphatic hydroxyl groups is 2. The summed E-state index contributed by atoms with van der Waals surface area (Å²) in [5.41, 5.74) is 0. The Morgan fingerprint density at radius 2 is 2.30 bits per heavy atom. The molecule has 1 aliphatic heterocycles. The van der Waals surface area contributed by atoms with Crippen LogP contribution in [0.1, 0.15) is 13.3 Å². The van der Waals surface area contributed by atoms with Gasteiger partial charge in [-0.05, 0) is 0 Å². The first-order valence-electron chi connectivity index (χ1n) is 3.64. The van der Waals surface area contributed by atoms with E-state index in [-0.39, 0.29) is 24.7 Å². The lowest BCUT2D eigenvalue weighted by Gasteiger charge is -2.30. The van der Waals surface area contributed by atoms with Crippen LogP contribution in [-0.4, -0.2) is 35.6 Å². The SMILES string of the molecule is C[C@H]1CO[C@H](CO)C[C@@H]1O. The van der Waals surface area contributed by atoms with E-state index in [1.54, 1.807) is 0 Å². The van der Waals surface area contributed by atoms with Gasteiger partial charge < -0.3 is 14.9 Å². The smallest absolute Gasteiger partial charge is 0.0830 e. The molecule has 60 valence electrons. The van der Waals surface area contributed by atoms with Crippen molar-refractivity contribution in [1.29, 1.82) is 0 Å². The number of hydrogen-bond acceptors (Lipinski definition) is 3. The first kappa shape index (κ1) is 7.98. The van der Waals surface area contributed by atoms with E-state index in [1.165, 1.54) is 0 Å². The highest BCUT2D eigenvalue weighted by atomic mass is 16.5. The van der Waals surface area contributed by atoms with Crippen molar-refractivity contribution in [1.82, 2.24) is 0 Å². The molecule has 1 rings (SSSR count). The van der Waals surface area contributed by atoms with Crippen LogP contribution in [0.15, 0.2) is 0 Å². The van der Waals surface area contributed by atoms with Gasteiger partial charge in [-0.15, -0.1) is 0 Å². The van der Waals surface area contributed by atoms with Crippen LogP contribution in [0.25, 0.3) is 0 Å². The summed E-state index contributed by atoms with van der Waals surface area (Å²) < 4.78 is 5.20. The summed E-state index contributed by atoms with van der Waals surface area (Å²) in [4.78, 5) is 0. The fraction of sp³-hybridized carbons (Fsp3) is 1.00. The maximum atomic E-state index is 9.29. The van der Waals surface area contributed by atoms with Crippen molar-refractivity contribution in [3.05, 3.63) is 0 Å². The second-order valence-corrected chi connectivity index (χ2v) is 2.92. The Balaban J connectivity index is 2.33. The molecule has 0 aromatic heterocycles. The first-order chi connectivity index (χ1) is 4.74. The Bertz CT molecular complexity index is 105. The summed E-state index contributed by atoms with van der Waals surface area (Å²) in [7, 11) is 0. The van der Waals surface area contributed by atoms with Gasteiger partial charge in [-0.2, -0.15) is 0 Å². The van der Waals surface area contributed by atoms with Crippen molar-refractivity contribution >= 4 is 0 Å². The Morgan fingerprint density at radius 1 is 1.60 bits per heavy atom. The molecule has 2 N–H and O–H groups in total. The summed E-state index contributed by atoms with van der Waals surface area (Å²) in [5, 5.41) is 17.9. The van der Waals surface area contributed by atoms with Gasteiger partial charge in [0.25, 0.3) is 0 Å². The zero-order chi connectivity index (χ0) is 7.56. The molecule has 1 heterocycles. The minimum absolute atomic E-state index is 0.0176. The van der Waals surface area contributed by atoms with Gasteiger partial charge in [-0.25, -0.2) is 0 Å². The van der Waals surface area contributed by atoms with E-state index in [2.05, 4.69) is 0 Å². The van der Waals surface area contributed by atoms with E-state index >= 15 is 0 Å². The number of ether oxygens (including phenoxy) is 1. The molecule has 3 nitrogen and oxygen atoms in total. The van der Waals surface area contributed by atoms with Gasteiger partial charge in [0.1, 0.15) is 0 Å². The highest BCUT2D eigenvalue weighted by molar-refractivity contribution is 4.74. The molecule has 0 unspecified atom stereocenters. The van der Waals surface area contributed by atoms with Crippen LogP contribution in [0.2, 0.25) is 0 Å². The lowest BCUT2D eigenvalue weighted by Crippen LogP contribution is -2.37. The zero-order valence-electron chi connectivity index (χ0n) is 6.16. The van der Waals surface area contributed by atoms with Crippen LogP contribution in [0.4, 0.5) is 0 Å². The summed E-state index contributed by atoms with van der Waals surface area (Å²) in [6.45, 7) is 2.52. The van der Waals surface area contributed by atoms with Gasteiger partial charge >= 0.3 is 0 Å². The fourth-order valence-corrected chi connectivity index (χ4v) is 1.10. The topological polar surface area (TPSA) is 49.7 Å². The van der Waals surface area contributed by atoms with Gasteiger partial charge in [0.2, 0.25) is 0 Å². The Morgan fingerprint density at radius 3 is 2.80 bits per heavy atom. The van der Waals surface area contributed by atoms with Gasteiger partial charge in [-0.3, -0.25) is 0 Å². The van der Waals surface area contributed by atoms with Crippen molar-refractivity contribution in [2.75, 3.05) is 13.2 Å². The molecule has 1 fully saturated rings. The molecule has 1 aliphatic rings. The second-order valence-electron chi connectivity index (χ2n) is 2.92. The third-order valence-corrected chi connectivity index (χ3v) is 1.96. The molecular formula is C7H14O3. The van der Waals surface area contributed by atoms with Gasteiger partial charge in [0.05, 0.1) is 25.4 Å². The molecule has 0 aliphatic carbocycles. The summed E-state index contributed by atoms with van der Waals surface area (Å²) >= 11 is 0. The third kappa shape index (κ3) is 1.68. The summed E-state index contributed by atoms with van der Waals surface area (Å²) in [6, 6.07) is 0. The monoisotopic (exact) mass is 146 g/mol. The molecule has 1 saturated heterocycles. The lowest BCUT2D eigenvalue weighted by molar-refractivity contribution is -0.0937. The largest absolute Gasteiger partial charge is 0.394 e. The van der Waals surface area contributed by atoms with E-state index in [1.807, 2.05) is 6.92 Å². The zero-order valence-corrected chi connectivity index (χ0v) is 6.16. The first-order valence-corrected chi connectivity index (χ1v) is 3.64. The highest BCUT2D eigenvalue weighted by Gasteiger charge is 2.25. The second kappa shape index (κ2) is 3.32. The van der Waals surface area contributed by atoms with E-state index in [4.69, 9.17) is 9.84 Å². The molecule has 0 radical (unpaired) electrons. The predicted octanol–water partition coefficient (Wildman–Crippen LogP) is -0.235. The van der Waals surface area contributed by atoms with Crippen molar-refractivity contribution in [3.63, 3.8) is 0 Å². The lowest BCUT2D eigenvalue weighted by atomic mass is 9.97. The standard InChI is InChI=1S/C7H14O3/c1-5-4-10-6(3-8)2-7(5)9/h5-9H,2-4H2,1H3/t5-,6-,7-/m0/s1. The van der Waals surface area contributed by atoms with Gasteiger partial charge in [-0.1, -0.05) is 6.92 Å². The van der Waals surface area contributed by atoms with Crippen LogP contribution in [-0.2, 0) is 4.74 Å². The highest BCUT2D eigenvalue weighted by Crippen LogP contribution is 2.18. The predicted molar refractivity (Wildman–Crippen MR) is 36.6 cm³/mol. The van der Waals surface area contributed by atoms with Crippen LogP contribution in [0, 0.1) is 5.92 Å². The molecule has 3 atom stereocenters. The maximum Gasteiger partial charge on any atom is 0.0830 e. The Labute approximate surface area is 60.6 Å². The van der Waals surface area contributed by atoms with Crippen molar-refractivity contribution < 1.29 is 14.9 Å². The normalized spacial score (nSPS) is 41.7. The van der Waals surface area contributed by atoms with E-state index in [0.29, 0.717) is 13.0 Å². The van der Waals surface area contributed by atoms with Crippen molar-refractivity contribution in [2.24, 2.45) is 5.92 Å². The minimum Gasteiger partial charge on any atom is -0.394 e. The average molecular weight is 146 g/mol. The summed E-state index contributed by atoms with van der Waals surface area (Å²) in [6.07, 6.45) is 0.120. The molecule has 0 amide bonds. The molecule has 10 heavy (non-hydrogen) atoms.